The van der Waals surface area contributed by atoms with Crippen LogP contribution in [0.15, 0.2) is 0 Å². The second kappa shape index (κ2) is 7.34. The van der Waals surface area contributed by atoms with E-state index >= 15 is 0 Å². The average Bonchev–Trinajstić information content (AvgIpc) is 2.94. The quantitative estimate of drug-likeness (QED) is 0.868. The number of hydrogen-bond acceptors (Lipinski definition) is 2. The van der Waals surface area contributed by atoms with Crippen molar-refractivity contribution >= 4 is 11.9 Å². The van der Waals surface area contributed by atoms with Gasteiger partial charge >= 0.3 is 6.03 Å². The predicted molar refractivity (Wildman–Crippen MR) is 87.6 cm³/mol. The summed E-state index contributed by atoms with van der Waals surface area (Å²) in [5, 5.41) is 3.26. The van der Waals surface area contributed by atoms with Crippen molar-refractivity contribution in [3.63, 3.8) is 0 Å². The van der Waals surface area contributed by atoms with E-state index in [0.717, 1.165) is 38.8 Å². The number of nitrogens with one attached hydrogen (secondary N) is 1. The molecule has 0 aromatic carbocycles. The molecule has 0 bridgehead atoms. The van der Waals surface area contributed by atoms with Gasteiger partial charge in [0.2, 0.25) is 5.91 Å². The lowest BCUT2D eigenvalue weighted by atomic mass is 9.93. The van der Waals surface area contributed by atoms with E-state index in [2.05, 4.69) is 12.2 Å². The summed E-state index contributed by atoms with van der Waals surface area (Å²) in [4.78, 5) is 28.5. The van der Waals surface area contributed by atoms with Gasteiger partial charge in [-0.05, 0) is 46.5 Å². The molecule has 0 atom stereocenters. The maximum atomic E-state index is 12.5. The summed E-state index contributed by atoms with van der Waals surface area (Å²) in [5.74, 6) is 0.262. The normalized spacial score (nSPS) is 21.7. The topological polar surface area (TPSA) is 52.7 Å². The lowest BCUT2D eigenvalue weighted by Gasteiger charge is -2.36. The van der Waals surface area contributed by atoms with Crippen LogP contribution in [0.2, 0.25) is 0 Å². The van der Waals surface area contributed by atoms with Crippen LogP contribution in [0.25, 0.3) is 0 Å². The minimum absolute atomic E-state index is 0.00522. The summed E-state index contributed by atoms with van der Waals surface area (Å²) in [7, 11) is 0. The molecule has 0 unspecified atom stereocenters. The van der Waals surface area contributed by atoms with E-state index in [1.807, 2.05) is 23.6 Å². The summed E-state index contributed by atoms with van der Waals surface area (Å²) >= 11 is 0. The summed E-state index contributed by atoms with van der Waals surface area (Å²) in [5.41, 5.74) is 0.00522. The number of carbonyl (C=O) groups is 2. The molecule has 2 fully saturated rings. The third-order valence-corrected chi connectivity index (χ3v) is 5.30. The largest absolute Gasteiger partial charge is 0.351 e. The Balaban J connectivity index is 1.81. The van der Waals surface area contributed by atoms with Crippen molar-refractivity contribution < 1.29 is 9.59 Å². The highest BCUT2D eigenvalue weighted by molar-refractivity contribution is 5.80. The molecule has 0 aromatic heterocycles. The molecule has 1 saturated carbocycles. The zero-order chi connectivity index (χ0) is 16.2. The van der Waals surface area contributed by atoms with Crippen molar-refractivity contribution in [2.45, 2.75) is 64.8 Å². The van der Waals surface area contributed by atoms with Gasteiger partial charge in [0.05, 0.1) is 0 Å². The number of urea groups is 1. The Morgan fingerprint density at radius 2 is 1.68 bits per heavy atom. The zero-order valence-corrected chi connectivity index (χ0v) is 14.4. The van der Waals surface area contributed by atoms with Crippen LogP contribution in [0.3, 0.4) is 0 Å². The molecule has 0 spiro atoms. The molecule has 2 rings (SSSR count). The molecule has 1 aliphatic carbocycles. The van der Waals surface area contributed by atoms with Gasteiger partial charge in [0, 0.05) is 37.6 Å². The van der Waals surface area contributed by atoms with E-state index in [4.69, 9.17) is 0 Å². The van der Waals surface area contributed by atoms with Gasteiger partial charge < -0.3 is 15.1 Å². The third-order valence-electron chi connectivity index (χ3n) is 5.30. The van der Waals surface area contributed by atoms with E-state index in [1.54, 1.807) is 0 Å². The molecule has 5 nitrogen and oxygen atoms in total. The standard InChI is InChI=1S/C17H31N3O2/c1-4-19(5-2)16(22)20-12-8-14(9-13-20)15(21)18-17(3)10-6-7-11-17/h14H,4-13H2,1-3H3,(H,18,21). The van der Waals surface area contributed by atoms with Crippen LogP contribution >= 0.6 is 0 Å². The summed E-state index contributed by atoms with van der Waals surface area (Å²) < 4.78 is 0. The highest BCUT2D eigenvalue weighted by Gasteiger charge is 2.34. The highest BCUT2D eigenvalue weighted by Crippen LogP contribution is 2.30. The Morgan fingerprint density at radius 1 is 1.14 bits per heavy atom. The van der Waals surface area contributed by atoms with Crippen LogP contribution in [0.5, 0.6) is 0 Å². The van der Waals surface area contributed by atoms with Crippen LogP contribution in [-0.4, -0.2) is 53.5 Å². The number of piperidine rings is 1. The molecule has 0 aromatic rings. The van der Waals surface area contributed by atoms with E-state index in [1.165, 1.54) is 12.8 Å². The smallest absolute Gasteiger partial charge is 0.319 e. The lowest BCUT2D eigenvalue weighted by molar-refractivity contribution is -0.128. The van der Waals surface area contributed by atoms with Crippen molar-refractivity contribution in [2.24, 2.45) is 5.92 Å². The molecule has 5 heteroatoms. The van der Waals surface area contributed by atoms with Crippen molar-refractivity contribution in [3.05, 3.63) is 0 Å². The number of carbonyl (C=O) groups excluding carboxylic acids is 2. The molecule has 0 radical (unpaired) electrons. The first-order valence-electron chi connectivity index (χ1n) is 8.85. The summed E-state index contributed by atoms with van der Waals surface area (Å²) in [6.07, 6.45) is 6.20. The Morgan fingerprint density at radius 3 is 2.18 bits per heavy atom. The number of likely N-dealkylation sites (tertiary alicyclic amines) is 1. The van der Waals surface area contributed by atoms with Gasteiger partial charge in [0.25, 0.3) is 0 Å². The summed E-state index contributed by atoms with van der Waals surface area (Å²) in [6, 6.07) is 0.117. The molecule has 2 aliphatic rings. The molecule has 1 N–H and O–H groups in total. The molecule has 1 saturated heterocycles. The van der Waals surface area contributed by atoms with Gasteiger partial charge in [-0.15, -0.1) is 0 Å². The van der Waals surface area contributed by atoms with E-state index in [-0.39, 0.29) is 23.4 Å². The Hall–Kier alpha value is -1.26. The number of nitrogens with zero attached hydrogens (tertiary/aromatic N) is 2. The molecule has 126 valence electrons. The van der Waals surface area contributed by atoms with Crippen LogP contribution < -0.4 is 5.32 Å². The van der Waals surface area contributed by atoms with Crippen LogP contribution in [0.4, 0.5) is 4.79 Å². The Labute approximate surface area is 134 Å². The third kappa shape index (κ3) is 3.93. The monoisotopic (exact) mass is 309 g/mol. The minimum Gasteiger partial charge on any atom is -0.351 e. The fraction of sp³-hybridized carbons (Fsp3) is 0.882. The van der Waals surface area contributed by atoms with Crippen LogP contribution in [0.1, 0.15) is 59.3 Å². The van der Waals surface area contributed by atoms with Gasteiger partial charge in [-0.3, -0.25) is 4.79 Å². The Kier molecular flexibility index (Phi) is 5.70. The molecular formula is C17H31N3O2. The van der Waals surface area contributed by atoms with Gasteiger partial charge in [-0.2, -0.15) is 0 Å². The van der Waals surface area contributed by atoms with E-state index < -0.39 is 0 Å². The van der Waals surface area contributed by atoms with E-state index in [0.29, 0.717) is 13.1 Å². The average molecular weight is 309 g/mol. The van der Waals surface area contributed by atoms with Gasteiger partial charge in [-0.1, -0.05) is 12.8 Å². The van der Waals surface area contributed by atoms with Gasteiger partial charge in [0.15, 0.2) is 0 Å². The summed E-state index contributed by atoms with van der Waals surface area (Å²) in [6.45, 7) is 9.06. The van der Waals surface area contributed by atoms with Gasteiger partial charge in [-0.25, -0.2) is 4.79 Å². The maximum Gasteiger partial charge on any atom is 0.319 e. The highest BCUT2D eigenvalue weighted by atomic mass is 16.2. The SMILES string of the molecule is CCN(CC)C(=O)N1CCC(C(=O)NC2(C)CCCC2)CC1. The predicted octanol–water partition coefficient (Wildman–Crippen LogP) is 2.61. The van der Waals surface area contributed by atoms with Crippen molar-refractivity contribution in [3.8, 4) is 0 Å². The van der Waals surface area contributed by atoms with Gasteiger partial charge in [0.1, 0.15) is 0 Å². The zero-order valence-electron chi connectivity index (χ0n) is 14.4. The first kappa shape index (κ1) is 17.1. The molecule has 22 heavy (non-hydrogen) atoms. The van der Waals surface area contributed by atoms with E-state index in [9.17, 15) is 9.59 Å². The number of hydrogen-bond donors (Lipinski definition) is 1. The molecular weight excluding hydrogens is 278 g/mol. The van der Waals surface area contributed by atoms with Crippen molar-refractivity contribution in [1.29, 1.82) is 0 Å². The van der Waals surface area contributed by atoms with Crippen molar-refractivity contribution in [2.75, 3.05) is 26.2 Å². The molecule has 1 heterocycles. The second-order valence-electron chi connectivity index (χ2n) is 6.97. The number of amides is 3. The second-order valence-corrected chi connectivity index (χ2v) is 6.97. The molecule has 1 aliphatic heterocycles. The number of rotatable bonds is 4. The van der Waals surface area contributed by atoms with Crippen LogP contribution in [-0.2, 0) is 4.79 Å². The maximum absolute atomic E-state index is 12.5. The first-order chi connectivity index (χ1) is 10.5. The fourth-order valence-electron chi connectivity index (χ4n) is 3.71. The Bertz CT molecular complexity index is 393. The lowest BCUT2D eigenvalue weighted by Crippen LogP contribution is -2.51. The first-order valence-corrected chi connectivity index (χ1v) is 8.85. The van der Waals surface area contributed by atoms with Crippen molar-refractivity contribution in [1.82, 2.24) is 15.1 Å². The van der Waals surface area contributed by atoms with Crippen LogP contribution in [0, 0.1) is 5.92 Å². The fourth-order valence-corrected chi connectivity index (χ4v) is 3.71. The minimum atomic E-state index is 0.00522. The molecule has 3 amide bonds.